The van der Waals surface area contributed by atoms with E-state index in [2.05, 4.69) is 6.58 Å². The summed E-state index contributed by atoms with van der Waals surface area (Å²) in [5.41, 5.74) is -0.633. The zero-order valence-electron chi connectivity index (χ0n) is 15.8. The van der Waals surface area contributed by atoms with E-state index in [9.17, 15) is 4.79 Å². The molecule has 0 amide bonds. The number of ether oxygens (including phenoxy) is 5. The third-order valence-electron chi connectivity index (χ3n) is 3.97. The van der Waals surface area contributed by atoms with Gasteiger partial charge in [-0.3, -0.25) is 4.79 Å². The number of esters is 1. The van der Waals surface area contributed by atoms with Crippen LogP contribution in [0.1, 0.15) is 48.5 Å². The number of hydrogen-bond donors (Lipinski definition) is 0. The number of carbonyl (C=O) groups is 1. The van der Waals surface area contributed by atoms with Crippen molar-refractivity contribution in [2.45, 2.75) is 84.5 Å². The maximum Gasteiger partial charge on any atom is 0.311 e. The molecular weight excluding hydrogens is 312 g/mol. The van der Waals surface area contributed by atoms with Gasteiger partial charge >= 0.3 is 5.97 Å². The minimum atomic E-state index is -0.787. The van der Waals surface area contributed by atoms with Crippen LogP contribution in [0.5, 0.6) is 0 Å². The maximum absolute atomic E-state index is 12.5. The van der Waals surface area contributed by atoms with Crippen molar-refractivity contribution in [1.82, 2.24) is 0 Å². The second-order valence-corrected chi connectivity index (χ2v) is 8.29. The topological polar surface area (TPSA) is 63.2 Å². The number of carbonyl (C=O) groups excluding carboxylic acids is 1. The molecule has 0 aromatic heterocycles. The SMILES string of the molecule is C=C[C@H]1OC(C)(C)O[C@H]1[C@H](OC(=O)C(C)(C)C)[C@H]1COC(C)(C)O1. The summed E-state index contributed by atoms with van der Waals surface area (Å²) in [6.45, 7) is 16.9. The van der Waals surface area contributed by atoms with Gasteiger partial charge in [-0.2, -0.15) is 0 Å². The van der Waals surface area contributed by atoms with Gasteiger partial charge in [0.2, 0.25) is 0 Å². The Morgan fingerprint density at radius 3 is 2.25 bits per heavy atom. The molecule has 6 nitrogen and oxygen atoms in total. The molecule has 2 rings (SSSR count). The molecule has 0 spiro atoms. The lowest BCUT2D eigenvalue weighted by molar-refractivity contribution is -0.199. The van der Waals surface area contributed by atoms with Gasteiger partial charge in [-0.25, -0.2) is 0 Å². The summed E-state index contributed by atoms with van der Waals surface area (Å²) in [4.78, 5) is 12.5. The standard InChI is InChI=1S/C18H30O6/c1-9-11-14(24-18(7,8)22-11)13(21-15(19)16(2,3)4)12-10-20-17(5,6)23-12/h9,11-14H,1,10H2,2-8H3/t11-,12-,13-,14-/m1/s1. The highest BCUT2D eigenvalue weighted by molar-refractivity contribution is 5.75. The quantitative estimate of drug-likeness (QED) is 0.578. The van der Waals surface area contributed by atoms with E-state index < -0.39 is 41.4 Å². The van der Waals surface area contributed by atoms with Gasteiger partial charge in [0.05, 0.1) is 12.0 Å². The molecule has 2 fully saturated rings. The molecule has 0 unspecified atom stereocenters. The normalized spacial score (nSPS) is 33.2. The summed E-state index contributed by atoms with van der Waals surface area (Å²) in [7, 11) is 0. The van der Waals surface area contributed by atoms with Gasteiger partial charge in [-0.1, -0.05) is 6.08 Å². The molecule has 0 bridgehead atoms. The highest BCUT2D eigenvalue weighted by atomic mass is 16.8. The van der Waals surface area contributed by atoms with E-state index >= 15 is 0 Å². The largest absolute Gasteiger partial charge is 0.456 e. The lowest BCUT2D eigenvalue weighted by atomic mass is 9.96. The molecule has 4 atom stereocenters. The molecule has 2 heterocycles. The van der Waals surface area contributed by atoms with Crippen molar-refractivity contribution < 1.29 is 28.5 Å². The molecule has 138 valence electrons. The van der Waals surface area contributed by atoms with E-state index in [1.807, 2.05) is 48.5 Å². The molecule has 0 aromatic carbocycles. The Labute approximate surface area is 144 Å². The smallest absolute Gasteiger partial charge is 0.311 e. The van der Waals surface area contributed by atoms with Crippen LogP contribution in [-0.4, -0.2) is 48.6 Å². The van der Waals surface area contributed by atoms with E-state index in [0.717, 1.165) is 0 Å². The lowest BCUT2D eigenvalue weighted by Gasteiger charge is -2.32. The lowest BCUT2D eigenvalue weighted by Crippen LogP contribution is -2.48. The average Bonchev–Trinajstić information content (AvgIpc) is 2.93. The zero-order valence-corrected chi connectivity index (χ0v) is 15.8. The first kappa shape index (κ1) is 19.4. The summed E-state index contributed by atoms with van der Waals surface area (Å²) in [6.07, 6.45) is -0.325. The van der Waals surface area contributed by atoms with Crippen LogP contribution >= 0.6 is 0 Å². The van der Waals surface area contributed by atoms with Crippen molar-refractivity contribution in [2.75, 3.05) is 6.61 Å². The van der Waals surface area contributed by atoms with E-state index in [4.69, 9.17) is 23.7 Å². The van der Waals surface area contributed by atoms with Gasteiger partial charge in [0.1, 0.15) is 18.3 Å². The highest BCUT2D eigenvalue weighted by Crippen LogP contribution is 2.36. The Bertz CT molecular complexity index is 490. The molecule has 2 aliphatic heterocycles. The summed E-state index contributed by atoms with van der Waals surface area (Å²) in [6, 6.07) is 0. The fourth-order valence-corrected chi connectivity index (χ4v) is 2.79. The fraction of sp³-hybridized carbons (Fsp3) is 0.833. The molecule has 2 aliphatic rings. The number of rotatable bonds is 4. The Kier molecular flexibility index (Phi) is 5.17. The van der Waals surface area contributed by atoms with Crippen molar-refractivity contribution in [3.63, 3.8) is 0 Å². The van der Waals surface area contributed by atoms with Crippen LogP contribution < -0.4 is 0 Å². The summed E-state index contributed by atoms with van der Waals surface area (Å²) >= 11 is 0. The molecule has 0 saturated carbocycles. The Morgan fingerprint density at radius 1 is 1.17 bits per heavy atom. The number of hydrogen-bond acceptors (Lipinski definition) is 6. The average molecular weight is 342 g/mol. The van der Waals surface area contributed by atoms with Crippen LogP contribution in [0.15, 0.2) is 12.7 Å². The van der Waals surface area contributed by atoms with Crippen molar-refractivity contribution in [3.05, 3.63) is 12.7 Å². The Morgan fingerprint density at radius 2 is 1.79 bits per heavy atom. The molecule has 0 aromatic rings. The first-order valence-electron chi connectivity index (χ1n) is 8.36. The highest BCUT2D eigenvalue weighted by Gasteiger charge is 2.51. The van der Waals surface area contributed by atoms with E-state index in [1.165, 1.54) is 0 Å². The molecular formula is C18H30O6. The molecule has 6 heteroatoms. The van der Waals surface area contributed by atoms with Crippen LogP contribution in [0, 0.1) is 5.41 Å². The van der Waals surface area contributed by atoms with Crippen molar-refractivity contribution in [2.24, 2.45) is 5.41 Å². The molecule has 24 heavy (non-hydrogen) atoms. The first-order chi connectivity index (χ1) is 10.8. The predicted molar refractivity (Wildman–Crippen MR) is 88.3 cm³/mol. The Balaban J connectivity index is 2.26. The maximum atomic E-state index is 12.5. The summed E-state index contributed by atoms with van der Waals surface area (Å²) in [5, 5.41) is 0. The Hall–Kier alpha value is -0.950. The third kappa shape index (κ3) is 4.36. The van der Waals surface area contributed by atoms with Gasteiger partial charge in [0, 0.05) is 0 Å². The van der Waals surface area contributed by atoms with Gasteiger partial charge in [0.15, 0.2) is 17.7 Å². The van der Waals surface area contributed by atoms with E-state index in [-0.39, 0.29) is 5.97 Å². The minimum Gasteiger partial charge on any atom is -0.456 e. The molecule has 0 N–H and O–H groups in total. The van der Waals surface area contributed by atoms with Crippen molar-refractivity contribution in [3.8, 4) is 0 Å². The second kappa shape index (κ2) is 6.41. The monoisotopic (exact) mass is 342 g/mol. The van der Waals surface area contributed by atoms with Crippen LogP contribution in [0.25, 0.3) is 0 Å². The molecule has 2 saturated heterocycles. The van der Waals surface area contributed by atoms with E-state index in [1.54, 1.807) is 6.08 Å². The summed E-state index contributed by atoms with van der Waals surface area (Å²) < 4.78 is 29.2. The van der Waals surface area contributed by atoms with Gasteiger partial charge in [0.25, 0.3) is 0 Å². The predicted octanol–water partition coefficient (Wildman–Crippen LogP) is 2.80. The van der Waals surface area contributed by atoms with Crippen LogP contribution in [0.4, 0.5) is 0 Å². The van der Waals surface area contributed by atoms with Crippen molar-refractivity contribution in [1.29, 1.82) is 0 Å². The fourth-order valence-electron chi connectivity index (χ4n) is 2.79. The van der Waals surface area contributed by atoms with Crippen molar-refractivity contribution >= 4 is 5.97 Å². The van der Waals surface area contributed by atoms with Crippen LogP contribution in [-0.2, 0) is 28.5 Å². The van der Waals surface area contributed by atoms with Gasteiger partial charge < -0.3 is 23.7 Å². The second-order valence-electron chi connectivity index (χ2n) is 8.29. The molecule has 0 aliphatic carbocycles. The van der Waals surface area contributed by atoms with Gasteiger partial charge in [-0.15, -0.1) is 6.58 Å². The molecule has 0 radical (unpaired) electrons. The third-order valence-corrected chi connectivity index (χ3v) is 3.97. The van der Waals surface area contributed by atoms with Crippen LogP contribution in [0.2, 0.25) is 0 Å². The first-order valence-corrected chi connectivity index (χ1v) is 8.36. The van der Waals surface area contributed by atoms with Gasteiger partial charge in [-0.05, 0) is 48.5 Å². The summed E-state index contributed by atoms with van der Waals surface area (Å²) in [5.74, 6) is -1.84. The zero-order chi connectivity index (χ0) is 18.3. The van der Waals surface area contributed by atoms with Crippen LogP contribution in [0.3, 0.4) is 0 Å². The minimum absolute atomic E-state index is 0.319. The van der Waals surface area contributed by atoms with E-state index in [0.29, 0.717) is 6.61 Å².